The molecule has 2 heterocycles. The molecule has 0 bridgehead atoms. The van der Waals surface area contributed by atoms with E-state index >= 15 is 0 Å². The first kappa shape index (κ1) is 8.59. The lowest BCUT2D eigenvalue weighted by molar-refractivity contribution is 0.0865. The van der Waals surface area contributed by atoms with Gasteiger partial charge in [-0.2, -0.15) is 0 Å². The van der Waals surface area contributed by atoms with Gasteiger partial charge in [-0.15, -0.1) is 0 Å². The smallest absolute Gasteiger partial charge is 0.0869 e. The van der Waals surface area contributed by atoms with Crippen LogP contribution in [0.5, 0.6) is 0 Å². The largest absolute Gasteiger partial charge is 0.373 e. The Hall–Kier alpha value is -1.54. The Labute approximate surface area is 94.1 Å². The highest BCUT2D eigenvalue weighted by Crippen LogP contribution is 2.35. The molecule has 0 saturated carbocycles. The second-order valence-electron chi connectivity index (χ2n) is 4.37. The lowest BCUT2D eigenvalue weighted by Crippen LogP contribution is -2.16. The maximum atomic E-state index is 5.50. The summed E-state index contributed by atoms with van der Waals surface area (Å²) in [5.41, 5.74) is 4.04. The molecule has 2 heteroatoms. The van der Waals surface area contributed by atoms with Crippen LogP contribution < -0.4 is 0 Å². The third kappa shape index (κ3) is 1.11. The Bertz CT molecular complexity index is 588. The van der Waals surface area contributed by atoms with Crippen molar-refractivity contribution < 1.29 is 4.74 Å². The molecule has 1 aliphatic heterocycles. The van der Waals surface area contributed by atoms with Crippen LogP contribution >= 0.6 is 0 Å². The van der Waals surface area contributed by atoms with Crippen LogP contribution in [-0.4, -0.2) is 11.2 Å². The monoisotopic (exact) mass is 210 g/mol. The van der Waals surface area contributed by atoms with E-state index in [1.807, 2.05) is 0 Å². The van der Waals surface area contributed by atoms with Crippen LogP contribution in [0.3, 0.4) is 0 Å². The Morgan fingerprint density at radius 3 is 3.00 bits per heavy atom. The fourth-order valence-electron chi connectivity index (χ4n) is 2.54. The molecule has 0 saturated heterocycles. The minimum Gasteiger partial charge on any atom is -0.373 e. The molecular weight excluding hydrogens is 198 g/mol. The highest BCUT2D eigenvalue weighted by molar-refractivity contribution is 5.88. The molecule has 1 radical (unpaired) electrons. The minimum absolute atomic E-state index is 0.747. The summed E-state index contributed by atoms with van der Waals surface area (Å²) in [4.78, 5) is 0. The number of rotatable bonds is 1. The van der Waals surface area contributed by atoms with Gasteiger partial charge in [0.2, 0.25) is 0 Å². The van der Waals surface area contributed by atoms with Crippen LogP contribution in [0, 0.1) is 5.92 Å². The molecule has 4 rings (SSSR count). The van der Waals surface area contributed by atoms with Crippen molar-refractivity contribution in [2.75, 3.05) is 6.61 Å². The number of nitrogens with zero attached hydrogens (tertiary/aromatic N) is 1. The zero-order valence-corrected chi connectivity index (χ0v) is 8.94. The van der Waals surface area contributed by atoms with Gasteiger partial charge in [0, 0.05) is 17.6 Å². The number of aromatic nitrogens is 1. The van der Waals surface area contributed by atoms with Gasteiger partial charge < -0.3 is 9.30 Å². The second kappa shape index (κ2) is 2.98. The van der Waals surface area contributed by atoms with Crippen molar-refractivity contribution in [1.29, 1.82) is 0 Å². The van der Waals surface area contributed by atoms with E-state index in [-0.39, 0.29) is 0 Å². The summed E-state index contributed by atoms with van der Waals surface area (Å²) in [7, 11) is 0. The molecule has 0 fully saturated rings. The van der Waals surface area contributed by atoms with Crippen molar-refractivity contribution in [1.82, 2.24) is 4.57 Å². The first-order valence-electron chi connectivity index (χ1n) is 5.68. The summed E-state index contributed by atoms with van der Waals surface area (Å²) in [5.74, 6) is 1.37. The van der Waals surface area contributed by atoms with E-state index in [9.17, 15) is 0 Å². The summed E-state index contributed by atoms with van der Waals surface area (Å²) < 4.78 is 7.90. The van der Waals surface area contributed by atoms with Crippen molar-refractivity contribution in [3.63, 3.8) is 0 Å². The molecule has 0 unspecified atom stereocenters. The van der Waals surface area contributed by atoms with Gasteiger partial charge in [0.25, 0.3) is 0 Å². The van der Waals surface area contributed by atoms with Gasteiger partial charge >= 0.3 is 0 Å². The number of hydrogen-bond acceptors (Lipinski definition) is 1. The topological polar surface area (TPSA) is 14.2 Å². The van der Waals surface area contributed by atoms with Crippen LogP contribution in [0.15, 0.2) is 36.4 Å². The van der Waals surface area contributed by atoms with Gasteiger partial charge in [-0.1, -0.05) is 30.4 Å². The molecule has 0 spiro atoms. The van der Waals surface area contributed by atoms with Crippen LogP contribution in [0.4, 0.5) is 0 Å². The normalized spacial score (nSPS) is 19.0. The third-order valence-electron chi connectivity index (χ3n) is 3.36. The average Bonchev–Trinajstić information content (AvgIpc) is 3.09. The van der Waals surface area contributed by atoms with Crippen LogP contribution in [-0.2, 0) is 17.9 Å². The lowest BCUT2D eigenvalue weighted by Gasteiger charge is -2.17. The predicted molar refractivity (Wildman–Crippen MR) is 63.1 cm³/mol. The predicted octanol–water partition coefficient (Wildman–Crippen LogP) is 2.66. The van der Waals surface area contributed by atoms with Crippen LogP contribution in [0.1, 0.15) is 11.3 Å². The molecule has 2 aliphatic rings. The lowest BCUT2D eigenvalue weighted by atomic mass is 10.1. The molecule has 2 aromatic rings. The number of benzene rings is 1. The van der Waals surface area contributed by atoms with Gasteiger partial charge in [0.1, 0.15) is 0 Å². The van der Waals surface area contributed by atoms with E-state index < -0.39 is 0 Å². The second-order valence-corrected chi connectivity index (χ2v) is 4.37. The van der Waals surface area contributed by atoms with E-state index in [1.165, 1.54) is 28.1 Å². The SMILES string of the molecule is C1=C[C]1c1cccc2cc3n(c12)CCOC3. The van der Waals surface area contributed by atoms with Gasteiger partial charge in [-0.3, -0.25) is 0 Å². The van der Waals surface area contributed by atoms with E-state index in [1.54, 1.807) is 0 Å². The summed E-state index contributed by atoms with van der Waals surface area (Å²) in [6.45, 7) is 2.55. The quantitative estimate of drug-likeness (QED) is 0.705. The molecule has 0 amide bonds. The van der Waals surface area contributed by atoms with E-state index in [0.29, 0.717) is 0 Å². The zero-order chi connectivity index (χ0) is 10.5. The first-order valence-corrected chi connectivity index (χ1v) is 5.68. The maximum absolute atomic E-state index is 5.50. The summed E-state index contributed by atoms with van der Waals surface area (Å²) in [6.07, 6.45) is 4.35. The van der Waals surface area contributed by atoms with Gasteiger partial charge in [0.05, 0.1) is 24.6 Å². The molecule has 16 heavy (non-hydrogen) atoms. The zero-order valence-electron chi connectivity index (χ0n) is 8.94. The van der Waals surface area contributed by atoms with Gasteiger partial charge in [0.15, 0.2) is 0 Å². The molecule has 0 N–H and O–H groups in total. The first-order chi connectivity index (χ1) is 7.93. The molecule has 1 aromatic heterocycles. The van der Waals surface area contributed by atoms with Crippen molar-refractivity contribution in [3.05, 3.63) is 53.6 Å². The number of hydrogen-bond donors (Lipinski definition) is 0. The van der Waals surface area contributed by atoms with Crippen molar-refractivity contribution in [2.45, 2.75) is 13.2 Å². The number of fused-ring (bicyclic) bond motifs is 3. The van der Waals surface area contributed by atoms with Crippen LogP contribution in [0.2, 0.25) is 0 Å². The average molecular weight is 210 g/mol. The highest BCUT2D eigenvalue weighted by atomic mass is 16.5. The molecule has 0 atom stereocenters. The summed E-state index contributed by atoms with van der Waals surface area (Å²) in [6, 6.07) is 8.78. The third-order valence-corrected chi connectivity index (χ3v) is 3.36. The number of ether oxygens (including phenoxy) is 1. The van der Waals surface area contributed by atoms with Crippen molar-refractivity contribution in [2.24, 2.45) is 0 Å². The standard InChI is InChI=1S/C14H12NO/c1-2-11-8-12-9-16-7-6-15(12)14(11)13(3-1)10-4-5-10/h1-5,8H,6-7,9H2. The Morgan fingerprint density at radius 1 is 1.19 bits per heavy atom. The van der Waals surface area contributed by atoms with Crippen molar-refractivity contribution >= 4 is 10.9 Å². The van der Waals surface area contributed by atoms with Gasteiger partial charge in [-0.25, -0.2) is 0 Å². The van der Waals surface area contributed by atoms with Crippen LogP contribution in [0.25, 0.3) is 10.9 Å². The Balaban J connectivity index is 2.03. The fraction of sp³-hybridized carbons (Fsp3) is 0.214. The Kier molecular flexibility index (Phi) is 1.60. The van der Waals surface area contributed by atoms with E-state index in [2.05, 4.69) is 41.0 Å². The molecule has 1 aromatic carbocycles. The van der Waals surface area contributed by atoms with Gasteiger partial charge in [-0.05, 0) is 11.6 Å². The molecular formula is C14H12NO. The fourth-order valence-corrected chi connectivity index (χ4v) is 2.54. The number of allylic oxidation sites excluding steroid dienone is 2. The minimum atomic E-state index is 0.747. The molecule has 2 nitrogen and oxygen atoms in total. The van der Waals surface area contributed by atoms with Crippen molar-refractivity contribution in [3.8, 4) is 0 Å². The highest BCUT2D eigenvalue weighted by Gasteiger charge is 2.22. The maximum Gasteiger partial charge on any atom is 0.0869 e. The summed E-state index contributed by atoms with van der Waals surface area (Å²) >= 11 is 0. The molecule has 79 valence electrons. The van der Waals surface area contributed by atoms with E-state index in [0.717, 1.165) is 19.8 Å². The Morgan fingerprint density at radius 2 is 2.12 bits per heavy atom. The number of para-hydroxylation sites is 1. The van der Waals surface area contributed by atoms with E-state index in [4.69, 9.17) is 4.74 Å². The summed E-state index contributed by atoms with van der Waals surface area (Å²) in [5, 5.41) is 1.33. The molecule has 1 aliphatic carbocycles.